The van der Waals surface area contributed by atoms with Crippen LogP contribution in [0.2, 0.25) is 0 Å². The largest absolute Gasteiger partial charge is 0.493 e. The quantitative estimate of drug-likeness (QED) is 0.290. The molecule has 1 N–H and O–H groups in total. The van der Waals surface area contributed by atoms with E-state index in [4.69, 9.17) is 9.47 Å². The third-order valence-electron chi connectivity index (χ3n) is 5.10. The number of nitrogens with zero attached hydrogens (tertiary/aromatic N) is 4. The average Bonchev–Trinajstić information content (AvgIpc) is 2.86. The number of nitrogens with one attached hydrogen (secondary N) is 1. The molecule has 0 fully saturated rings. The maximum Gasteiger partial charge on any atom is 0.303 e. The Morgan fingerprint density at radius 1 is 0.882 bits per heavy atom. The predicted molar refractivity (Wildman–Crippen MR) is 125 cm³/mol. The van der Waals surface area contributed by atoms with E-state index >= 15 is 0 Å². The van der Waals surface area contributed by atoms with Crippen molar-refractivity contribution < 1.29 is 19.3 Å². The van der Waals surface area contributed by atoms with Crippen LogP contribution < -0.4 is 14.8 Å². The summed E-state index contributed by atoms with van der Waals surface area (Å²) in [4.78, 5) is 30.5. The summed E-state index contributed by atoms with van der Waals surface area (Å²) in [5.41, 5.74) is 0.988. The summed E-state index contributed by atoms with van der Waals surface area (Å²) < 4.78 is 10.6. The molecule has 11 heteroatoms. The summed E-state index contributed by atoms with van der Waals surface area (Å²) in [5.74, 6) is 1.46. The predicted octanol–water partition coefficient (Wildman–Crippen LogP) is 4.74. The molecule has 0 unspecified atom stereocenters. The van der Waals surface area contributed by atoms with Crippen LogP contribution in [-0.2, 0) is 6.54 Å². The molecule has 4 rings (SSSR count). The number of rotatable bonds is 8. The Morgan fingerprint density at radius 3 is 2.26 bits per heavy atom. The highest BCUT2D eigenvalue weighted by molar-refractivity contribution is 5.91. The third-order valence-corrected chi connectivity index (χ3v) is 5.10. The second-order valence-electron chi connectivity index (χ2n) is 7.18. The number of fused-ring (bicyclic) bond motifs is 1. The van der Waals surface area contributed by atoms with Gasteiger partial charge in [-0.2, -0.15) is 0 Å². The molecule has 34 heavy (non-hydrogen) atoms. The summed E-state index contributed by atoms with van der Waals surface area (Å²) in [6.45, 7) is 0.317. The van der Waals surface area contributed by atoms with Crippen LogP contribution >= 0.6 is 0 Å². The molecule has 0 radical (unpaired) electrons. The number of non-ortho nitro benzene ring substituents is 2. The lowest BCUT2D eigenvalue weighted by molar-refractivity contribution is -0.393. The Kier molecular flexibility index (Phi) is 6.17. The molecule has 0 bridgehead atoms. The van der Waals surface area contributed by atoms with Crippen LogP contribution in [0.3, 0.4) is 0 Å². The highest BCUT2D eigenvalue weighted by Gasteiger charge is 2.24. The van der Waals surface area contributed by atoms with Crippen LogP contribution in [0, 0.1) is 20.2 Å². The molecule has 0 aliphatic heterocycles. The first kappa shape index (κ1) is 22.4. The molecule has 0 saturated heterocycles. The topological polar surface area (TPSA) is 143 Å². The second kappa shape index (κ2) is 9.36. The molecule has 4 aromatic rings. The Labute approximate surface area is 193 Å². The fraction of sp³-hybridized carbons (Fsp3) is 0.130. The number of nitro groups is 2. The van der Waals surface area contributed by atoms with Gasteiger partial charge in [0, 0.05) is 18.2 Å². The standard InChI is InChI=1S/C23H19N5O6/c1-33-19-9-8-14(10-20(19)34-2)13-24-23-21(15-6-4-3-5-7-15)26-22-17(25-23)11-16(27(29)30)12-18(22)28(31)32/h3-12H,13H2,1-2H3,(H,24,25). The van der Waals surface area contributed by atoms with Crippen molar-refractivity contribution in [3.05, 3.63) is 86.5 Å². The Balaban J connectivity index is 1.84. The lowest BCUT2D eigenvalue weighted by Crippen LogP contribution is -2.06. The van der Waals surface area contributed by atoms with Gasteiger partial charge in [-0.25, -0.2) is 9.97 Å². The monoisotopic (exact) mass is 461 g/mol. The molecule has 0 aliphatic rings. The number of aromatic nitrogens is 2. The minimum atomic E-state index is -0.699. The molecule has 3 aromatic carbocycles. The average molecular weight is 461 g/mol. The number of hydrogen-bond donors (Lipinski definition) is 1. The van der Waals surface area contributed by atoms with Crippen LogP contribution in [0.1, 0.15) is 5.56 Å². The molecule has 1 heterocycles. The molecule has 1 aromatic heterocycles. The number of nitro benzene ring substituents is 2. The SMILES string of the molecule is COc1ccc(CNc2nc3cc([N+](=O)[O-])cc([N+](=O)[O-])c3nc2-c2ccccc2)cc1OC. The third kappa shape index (κ3) is 4.39. The zero-order valence-corrected chi connectivity index (χ0v) is 18.2. The molecule has 0 saturated carbocycles. The van der Waals surface area contributed by atoms with Gasteiger partial charge in [-0.3, -0.25) is 20.2 Å². The maximum absolute atomic E-state index is 11.6. The van der Waals surface area contributed by atoms with E-state index in [1.165, 1.54) is 13.2 Å². The molecule has 0 spiro atoms. The van der Waals surface area contributed by atoms with E-state index in [0.29, 0.717) is 35.1 Å². The molecule has 0 amide bonds. The van der Waals surface area contributed by atoms with Gasteiger partial charge in [-0.15, -0.1) is 0 Å². The summed E-state index contributed by atoms with van der Waals surface area (Å²) >= 11 is 0. The van der Waals surface area contributed by atoms with E-state index in [1.807, 2.05) is 24.3 Å². The van der Waals surface area contributed by atoms with Gasteiger partial charge in [0.1, 0.15) is 11.2 Å². The smallest absolute Gasteiger partial charge is 0.303 e. The minimum Gasteiger partial charge on any atom is -0.493 e. The van der Waals surface area contributed by atoms with E-state index in [9.17, 15) is 20.2 Å². The van der Waals surface area contributed by atoms with Crippen molar-refractivity contribution in [1.82, 2.24) is 9.97 Å². The number of anilines is 1. The zero-order valence-electron chi connectivity index (χ0n) is 18.2. The molecule has 172 valence electrons. The maximum atomic E-state index is 11.6. The van der Waals surface area contributed by atoms with Gasteiger partial charge in [0.05, 0.1) is 30.1 Å². The summed E-state index contributed by atoms with van der Waals surface area (Å²) in [7, 11) is 3.09. The first-order valence-corrected chi connectivity index (χ1v) is 10.1. The molecule has 11 nitrogen and oxygen atoms in total. The summed E-state index contributed by atoms with van der Waals surface area (Å²) in [5, 5.41) is 26.1. The molecular weight excluding hydrogens is 442 g/mol. The number of methoxy groups -OCH3 is 2. The van der Waals surface area contributed by atoms with E-state index in [0.717, 1.165) is 11.6 Å². The van der Waals surface area contributed by atoms with Gasteiger partial charge in [-0.05, 0) is 17.7 Å². The van der Waals surface area contributed by atoms with Crippen LogP contribution in [0.4, 0.5) is 17.2 Å². The van der Waals surface area contributed by atoms with E-state index in [1.54, 1.807) is 31.4 Å². The summed E-state index contributed by atoms with van der Waals surface area (Å²) in [6.07, 6.45) is 0. The summed E-state index contributed by atoms with van der Waals surface area (Å²) in [6, 6.07) is 16.5. The van der Waals surface area contributed by atoms with Crippen molar-refractivity contribution >= 4 is 28.2 Å². The Morgan fingerprint density at radius 2 is 1.62 bits per heavy atom. The van der Waals surface area contributed by atoms with Crippen molar-refractivity contribution in [3.63, 3.8) is 0 Å². The van der Waals surface area contributed by atoms with Crippen molar-refractivity contribution in [1.29, 1.82) is 0 Å². The van der Waals surface area contributed by atoms with E-state index in [-0.39, 0.29) is 11.0 Å². The fourth-order valence-corrected chi connectivity index (χ4v) is 3.47. The van der Waals surface area contributed by atoms with Gasteiger partial charge < -0.3 is 14.8 Å². The first-order valence-electron chi connectivity index (χ1n) is 10.1. The lowest BCUT2D eigenvalue weighted by atomic mass is 10.1. The fourth-order valence-electron chi connectivity index (χ4n) is 3.47. The van der Waals surface area contributed by atoms with Gasteiger partial charge in [-0.1, -0.05) is 36.4 Å². The van der Waals surface area contributed by atoms with Gasteiger partial charge in [0.25, 0.3) is 5.69 Å². The normalized spacial score (nSPS) is 10.6. The Hall–Kier alpha value is -4.80. The van der Waals surface area contributed by atoms with Crippen molar-refractivity contribution in [2.45, 2.75) is 6.54 Å². The molecular formula is C23H19N5O6. The lowest BCUT2D eigenvalue weighted by Gasteiger charge is -2.14. The van der Waals surface area contributed by atoms with Crippen molar-refractivity contribution in [3.8, 4) is 22.8 Å². The minimum absolute atomic E-state index is 0.0360. The van der Waals surface area contributed by atoms with Gasteiger partial charge >= 0.3 is 5.69 Å². The second-order valence-corrected chi connectivity index (χ2v) is 7.18. The first-order chi connectivity index (χ1) is 16.4. The van der Waals surface area contributed by atoms with Crippen LogP contribution in [0.5, 0.6) is 11.5 Å². The van der Waals surface area contributed by atoms with E-state index < -0.39 is 21.2 Å². The van der Waals surface area contributed by atoms with Crippen LogP contribution in [-0.4, -0.2) is 34.0 Å². The number of hydrogen-bond acceptors (Lipinski definition) is 9. The molecule has 0 atom stereocenters. The highest BCUT2D eigenvalue weighted by Crippen LogP contribution is 2.34. The molecule has 0 aliphatic carbocycles. The Bertz CT molecular complexity index is 1390. The highest BCUT2D eigenvalue weighted by atomic mass is 16.6. The van der Waals surface area contributed by atoms with Crippen LogP contribution in [0.25, 0.3) is 22.3 Å². The zero-order chi connectivity index (χ0) is 24.2. The van der Waals surface area contributed by atoms with Gasteiger partial charge in [0.2, 0.25) is 0 Å². The van der Waals surface area contributed by atoms with E-state index in [2.05, 4.69) is 15.3 Å². The number of ether oxygens (including phenoxy) is 2. The van der Waals surface area contributed by atoms with Crippen molar-refractivity contribution in [2.24, 2.45) is 0 Å². The van der Waals surface area contributed by atoms with Crippen LogP contribution in [0.15, 0.2) is 60.7 Å². The van der Waals surface area contributed by atoms with Crippen molar-refractivity contribution in [2.75, 3.05) is 19.5 Å². The van der Waals surface area contributed by atoms with Gasteiger partial charge in [0.15, 0.2) is 22.8 Å². The number of benzene rings is 3.